The van der Waals surface area contributed by atoms with Crippen LogP contribution in [-0.4, -0.2) is 24.0 Å². The van der Waals surface area contributed by atoms with Crippen molar-refractivity contribution in [3.8, 4) is 5.75 Å². The van der Waals surface area contributed by atoms with E-state index in [1.165, 1.54) is 12.8 Å². The Bertz CT molecular complexity index is 630. The highest BCUT2D eigenvalue weighted by Crippen LogP contribution is 2.15. The molecule has 0 saturated heterocycles. The van der Waals surface area contributed by atoms with Crippen molar-refractivity contribution in [3.63, 3.8) is 0 Å². The number of halogens is 1. The van der Waals surface area contributed by atoms with Gasteiger partial charge in [0, 0.05) is 11.6 Å². The highest BCUT2D eigenvalue weighted by Gasteiger charge is 2.05. The molecule has 0 atom stereocenters. The molecule has 0 aliphatic rings. The van der Waals surface area contributed by atoms with Gasteiger partial charge in [0.1, 0.15) is 11.6 Å². The van der Waals surface area contributed by atoms with Crippen LogP contribution in [0.4, 0.5) is 11.5 Å². The van der Waals surface area contributed by atoms with E-state index in [0.29, 0.717) is 16.6 Å². The molecular weight excluding hydrogens is 326 g/mol. The van der Waals surface area contributed by atoms with Gasteiger partial charge in [0.05, 0.1) is 11.9 Å². The molecule has 0 saturated carbocycles. The molecule has 1 amide bonds. The van der Waals surface area contributed by atoms with Gasteiger partial charge in [0.15, 0.2) is 6.61 Å². The summed E-state index contributed by atoms with van der Waals surface area (Å²) in [5, 5.41) is 6.62. The van der Waals surface area contributed by atoms with E-state index < -0.39 is 0 Å². The van der Waals surface area contributed by atoms with E-state index in [2.05, 4.69) is 22.5 Å². The number of nitrogens with one attached hydrogen (secondary N) is 2. The van der Waals surface area contributed by atoms with Gasteiger partial charge in [-0.1, -0.05) is 31.4 Å². The van der Waals surface area contributed by atoms with Gasteiger partial charge in [-0.3, -0.25) is 4.79 Å². The Morgan fingerprint density at radius 1 is 1.17 bits per heavy atom. The van der Waals surface area contributed by atoms with E-state index in [0.717, 1.165) is 18.7 Å². The lowest BCUT2D eigenvalue weighted by atomic mass is 10.2. The van der Waals surface area contributed by atoms with E-state index in [-0.39, 0.29) is 12.5 Å². The number of rotatable bonds is 9. The van der Waals surface area contributed by atoms with Crippen LogP contribution in [0.3, 0.4) is 0 Å². The first-order valence-corrected chi connectivity index (χ1v) is 8.43. The van der Waals surface area contributed by atoms with Crippen LogP contribution in [-0.2, 0) is 4.79 Å². The molecular formula is C18H22ClN3O2. The molecule has 2 N–H and O–H groups in total. The van der Waals surface area contributed by atoms with Crippen LogP contribution in [0.5, 0.6) is 5.75 Å². The smallest absolute Gasteiger partial charge is 0.263 e. The van der Waals surface area contributed by atoms with E-state index in [9.17, 15) is 4.79 Å². The maximum absolute atomic E-state index is 11.9. The Morgan fingerprint density at radius 2 is 1.96 bits per heavy atom. The number of anilines is 2. The van der Waals surface area contributed by atoms with E-state index >= 15 is 0 Å². The molecule has 1 heterocycles. The second-order valence-electron chi connectivity index (χ2n) is 5.36. The van der Waals surface area contributed by atoms with Crippen LogP contribution in [0.1, 0.15) is 26.2 Å². The predicted molar refractivity (Wildman–Crippen MR) is 97.8 cm³/mol. The zero-order chi connectivity index (χ0) is 17.2. The molecule has 6 heteroatoms. The largest absolute Gasteiger partial charge is 0.484 e. The van der Waals surface area contributed by atoms with Crippen molar-refractivity contribution in [2.75, 3.05) is 23.8 Å². The predicted octanol–water partition coefficient (Wildman–Crippen LogP) is 4.35. The minimum Gasteiger partial charge on any atom is -0.484 e. The molecule has 1 aromatic heterocycles. The lowest BCUT2D eigenvalue weighted by Crippen LogP contribution is -2.20. The van der Waals surface area contributed by atoms with Gasteiger partial charge in [-0.25, -0.2) is 4.98 Å². The number of nitrogens with zero attached hydrogens (tertiary/aromatic N) is 1. The van der Waals surface area contributed by atoms with Crippen LogP contribution >= 0.6 is 11.6 Å². The molecule has 2 rings (SSSR count). The van der Waals surface area contributed by atoms with Crippen LogP contribution in [0.2, 0.25) is 5.02 Å². The van der Waals surface area contributed by atoms with Crippen molar-refractivity contribution in [2.45, 2.75) is 26.2 Å². The summed E-state index contributed by atoms with van der Waals surface area (Å²) in [7, 11) is 0. The first-order chi connectivity index (χ1) is 11.7. The third kappa shape index (κ3) is 6.46. The second kappa shape index (κ2) is 9.78. The maximum Gasteiger partial charge on any atom is 0.263 e. The Kier molecular flexibility index (Phi) is 7.36. The lowest BCUT2D eigenvalue weighted by Gasteiger charge is -2.09. The van der Waals surface area contributed by atoms with E-state index in [1.54, 1.807) is 36.5 Å². The Balaban J connectivity index is 1.74. The summed E-state index contributed by atoms with van der Waals surface area (Å²) >= 11 is 5.79. The molecule has 128 valence electrons. The summed E-state index contributed by atoms with van der Waals surface area (Å²) < 4.78 is 5.38. The van der Waals surface area contributed by atoms with E-state index in [4.69, 9.17) is 16.3 Å². The van der Waals surface area contributed by atoms with Gasteiger partial charge in [-0.2, -0.15) is 0 Å². The molecule has 0 aliphatic heterocycles. The fourth-order valence-electron chi connectivity index (χ4n) is 2.04. The van der Waals surface area contributed by atoms with Crippen molar-refractivity contribution in [1.29, 1.82) is 0 Å². The van der Waals surface area contributed by atoms with Crippen LogP contribution < -0.4 is 15.4 Å². The monoisotopic (exact) mass is 347 g/mol. The summed E-state index contributed by atoms with van der Waals surface area (Å²) in [6.45, 7) is 3.02. The quantitative estimate of drug-likeness (QED) is 0.662. The van der Waals surface area contributed by atoms with Gasteiger partial charge in [0.25, 0.3) is 5.91 Å². The first kappa shape index (κ1) is 18.1. The maximum atomic E-state index is 11.9. The molecule has 0 unspecified atom stereocenters. The van der Waals surface area contributed by atoms with Crippen molar-refractivity contribution in [3.05, 3.63) is 47.6 Å². The number of hydrogen-bond acceptors (Lipinski definition) is 4. The summed E-state index contributed by atoms with van der Waals surface area (Å²) in [6.07, 6.45) is 5.25. The van der Waals surface area contributed by atoms with Crippen LogP contribution in [0.25, 0.3) is 0 Å². The molecule has 2 aromatic rings. The second-order valence-corrected chi connectivity index (χ2v) is 5.79. The average Bonchev–Trinajstić information content (AvgIpc) is 2.60. The van der Waals surface area contributed by atoms with Gasteiger partial charge in [0.2, 0.25) is 0 Å². The number of benzene rings is 1. The summed E-state index contributed by atoms with van der Waals surface area (Å²) in [6, 6.07) is 10.5. The fraction of sp³-hybridized carbons (Fsp3) is 0.333. The van der Waals surface area contributed by atoms with Crippen molar-refractivity contribution >= 4 is 29.0 Å². The highest BCUT2D eigenvalue weighted by atomic mass is 35.5. The molecule has 24 heavy (non-hydrogen) atoms. The number of hydrogen-bond donors (Lipinski definition) is 2. The third-order valence-corrected chi connectivity index (χ3v) is 3.58. The minimum atomic E-state index is -0.263. The Hall–Kier alpha value is -2.27. The van der Waals surface area contributed by atoms with Gasteiger partial charge < -0.3 is 15.4 Å². The number of aromatic nitrogens is 1. The third-order valence-electron chi connectivity index (χ3n) is 3.32. The molecule has 5 nitrogen and oxygen atoms in total. The molecule has 1 aromatic carbocycles. The van der Waals surface area contributed by atoms with Crippen molar-refractivity contribution in [1.82, 2.24) is 4.98 Å². The molecule has 0 aliphatic carbocycles. The fourth-order valence-corrected chi connectivity index (χ4v) is 2.16. The molecule has 0 fully saturated rings. The zero-order valence-corrected chi connectivity index (χ0v) is 14.5. The number of amides is 1. The van der Waals surface area contributed by atoms with E-state index in [1.807, 2.05) is 6.07 Å². The average molecular weight is 348 g/mol. The van der Waals surface area contributed by atoms with Gasteiger partial charge >= 0.3 is 0 Å². The summed E-state index contributed by atoms with van der Waals surface area (Å²) in [5.41, 5.74) is 0.946. The standard InChI is InChI=1S/C18H22ClN3O2/c1-2-3-4-11-20-15-7-10-17(21-12-15)22-18(23)13-24-16-8-5-14(19)6-9-16/h5-10,12,20H,2-4,11,13H2,1H3,(H,21,22,23). The number of pyridine rings is 1. The van der Waals surface area contributed by atoms with Crippen molar-refractivity contribution in [2.24, 2.45) is 0 Å². The SMILES string of the molecule is CCCCCNc1ccc(NC(=O)COc2ccc(Cl)cc2)nc1. The topological polar surface area (TPSA) is 63.2 Å². The Morgan fingerprint density at radius 3 is 2.62 bits per heavy atom. The van der Waals surface area contributed by atoms with Gasteiger partial charge in [-0.05, 0) is 42.8 Å². The Labute approximate surface area is 147 Å². The summed E-state index contributed by atoms with van der Waals surface area (Å²) in [5.74, 6) is 0.828. The number of carbonyl (C=O) groups excluding carboxylic acids is 1. The lowest BCUT2D eigenvalue weighted by molar-refractivity contribution is -0.118. The number of ether oxygens (including phenoxy) is 1. The number of unbranched alkanes of at least 4 members (excludes halogenated alkanes) is 2. The molecule has 0 bridgehead atoms. The van der Waals surface area contributed by atoms with Crippen LogP contribution in [0.15, 0.2) is 42.6 Å². The number of carbonyl (C=O) groups is 1. The van der Waals surface area contributed by atoms with Gasteiger partial charge in [-0.15, -0.1) is 0 Å². The molecule has 0 spiro atoms. The highest BCUT2D eigenvalue weighted by molar-refractivity contribution is 6.30. The van der Waals surface area contributed by atoms with Crippen LogP contribution in [0, 0.1) is 0 Å². The van der Waals surface area contributed by atoms with Crippen molar-refractivity contribution < 1.29 is 9.53 Å². The minimum absolute atomic E-state index is 0.0830. The molecule has 0 radical (unpaired) electrons. The summed E-state index contributed by atoms with van der Waals surface area (Å²) in [4.78, 5) is 16.1. The first-order valence-electron chi connectivity index (χ1n) is 8.05. The zero-order valence-electron chi connectivity index (χ0n) is 13.7. The normalized spacial score (nSPS) is 10.2.